The summed E-state index contributed by atoms with van der Waals surface area (Å²) in [5, 5.41) is 105. The molecule has 5 atom stereocenters. The Labute approximate surface area is 242 Å². The van der Waals surface area contributed by atoms with Gasteiger partial charge in [-0.15, -0.1) is 0 Å². The average molecular weight is 595 g/mol. The predicted octanol–water partition coefficient (Wildman–Crippen LogP) is 2.95. The highest BCUT2D eigenvalue weighted by Gasteiger charge is 2.56. The van der Waals surface area contributed by atoms with E-state index in [1.54, 1.807) is 0 Å². The summed E-state index contributed by atoms with van der Waals surface area (Å²) in [5.41, 5.74) is 0.0804. The Kier molecular flexibility index (Phi) is 6.45. The van der Waals surface area contributed by atoms with E-state index in [1.807, 2.05) is 0 Å². The number of hydrogen-bond acceptors (Lipinski definition) is 13. The maximum atomic E-state index is 12.2. The van der Waals surface area contributed by atoms with Gasteiger partial charge in [0, 0.05) is 41.8 Å². The van der Waals surface area contributed by atoms with E-state index in [9.17, 15) is 51.1 Å². The first kappa shape index (κ1) is 27.9. The Morgan fingerprint density at radius 3 is 1.86 bits per heavy atom. The molecular formula is C30H26O13. The predicted molar refractivity (Wildman–Crippen MR) is 144 cm³/mol. The SMILES string of the molecule is Oc1cc(O)c2c(c1)OC(c1ccc(O)c(O)c1)C(OC1(O)C(O)c3c(O)cc(O)cc3OC1c1ccc(O)c(O)c1)C2. The smallest absolute Gasteiger partial charge is 0.239 e. The van der Waals surface area contributed by atoms with Gasteiger partial charge in [-0.1, -0.05) is 12.1 Å². The minimum Gasteiger partial charge on any atom is -0.508 e. The van der Waals surface area contributed by atoms with Gasteiger partial charge in [0.2, 0.25) is 5.79 Å². The fraction of sp³-hybridized carbons (Fsp3) is 0.200. The molecule has 0 fully saturated rings. The van der Waals surface area contributed by atoms with Crippen LogP contribution in [0.4, 0.5) is 0 Å². The maximum Gasteiger partial charge on any atom is 0.239 e. The van der Waals surface area contributed by atoms with Crippen LogP contribution in [0.1, 0.15) is 40.6 Å². The van der Waals surface area contributed by atoms with Crippen molar-refractivity contribution in [2.24, 2.45) is 0 Å². The van der Waals surface area contributed by atoms with Crippen LogP contribution in [-0.4, -0.2) is 63.0 Å². The van der Waals surface area contributed by atoms with Crippen LogP contribution >= 0.6 is 0 Å². The number of aliphatic hydroxyl groups excluding tert-OH is 1. The molecule has 224 valence electrons. The monoisotopic (exact) mass is 594 g/mol. The number of fused-ring (bicyclic) bond motifs is 2. The number of aromatic hydroxyl groups is 8. The largest absolute Gasteiger partial charge is 0.508 e. The first-order valence-electron chi connectivity index (χ1n) is 12.9. The van der Waals surface area contributed by atoms with E-state index < -0.39 is 64.7 Å². The first-order chi connectivity index (χ1) is 20.4. The molecule has 2 heterocycles. The van der Waals surface area contributed by atoms with E-state index in [-0.39, 0.29) is 51.7 Å². The molecule has 5 unspecified atom stereocenters. The lowest BCUT2D eigenvalue weighted by molar-refractivity contribution is -0.334. The van der Waals surface area contributed by atoms with Crippen molar-refractivity contribution in [3.63, 3.8) is 0 Å². The van der Waals surface area contributed by atoms with Gasteiger partial charge >= 0.3 is 0 Å². The first-order valence-corrected chi connectivity index (χ1v) is 12.9. The summed E-state index contributed by atoms with van der Waals surface area (Å²) in [6, 6.07) is 11.6. The third-order valence-electron chi connectivity index (χ3n) is 7.53. The summed E-state index contributed by atoms with van der Waals surface area (Å²) in [6.45, 7) is 0. The third kappa shape index (κ3) is 4.65. The zero-order valence-electron chi connectivity index (χ0n) is 22.0. The van der Waals surface area contributed by atoms with Gasteiger partial charge in [0.25, 0.3) is 0 Å². The molecular weight excluding hydrogens is 568 g/mol. The molecule has 0 bridgehead atoms. The molecule has 10 N–H and O–H groups in total. The minimum atomic E-state index is -2.78. The third-order valence-corrected chi connectivity index (χ3v) is 7.53. The standard InChI is InChI=1S/C30H26O13/c31-14-7-19(35)16-11-25(27(41-23(16)9-14)12-1-3-17(33)20(36)5-12)43-30(40)28(39)26-22(38)8-15(32)10-24(26)42-29(30)13-2-4-18(34)21(37)6-13/h1-10,25,27-29,31-40H,11H2. The number of phenolic OH excluding ortho intramolecular Hbond substituents is 8. The molecule has 13 heteroatoms. The molecule has 4 aromatic rings. The van der Waals surface area contributed by atoms with E-state index in [0.29, 0.717) is 0 Å². The molecule has 0 saturated heterocycles. The van der Waals surface area contributed by atoms with Gasteiger partial charge in [0.1, 0.15) is 46.7 Å². The van der Waals surface area contributed by atoms with Crippen molar-refractivity contribution in [3.05, 3.63) is 82.9 Å². The Morgan fingerprint density at radius 2 is 1.21 bits per heavy atom. The fourth-order valence-electron chi connectivity index (χ4n) is 5.46. The Bertz CT molecular complexity index is 1740. The normalized spacial score (nSPS) is 24.3. The summed E-state index contributed by atoms with van der Waals surface area (Å²) < 4.78 is 18.2. The van der Waals surface area contributed by atoms with Crippen LogP contribution in [0.25, 0.3) is 0 Å². The summed E-state index contributed by atoms with van der Waals surface area (Å²) in [6.07, 6.45) is -6.39. The molecule has 0 amide bonds. The Hall–Kier alpha value is -5.24. The van der Waals surface area contributed by atoms with Crippen LogP contribution in [-0.2, 0) is 11.2 Å². The van der Waals surface area contributed by atoms with E-state index >= 15 is 0 Å². The van der Waals surface area contributed by atoms with Crippen LogP contribution in [0.15, 0.2) is 60.7 Å². The maximum absolute atomic E-state index is 12.2. The average Bonchev–Trinajstić information content (AvgIpc) is 2.93. The molecule has 2 aliphatic heterocycles. The van der Waals surface area contributed by atoms with Crippen LogP contribution in [0, 0.1) is 0 Å². The van der Waals surface area contributed by atoms with Gasteiger partial charge in [-0.25, -0.2) is 0 Å². The van der Waals surface area contributed by atoms with Crippen LogP contribution in [0.5, 0.6) is 57.5 Å². The number of ether oxygens (including phenoxy) is 3. The number of benzene rings is 4. The van der Waals surface area contributed by atoms with Crippen molar-refractivity contribution in [2.75, 3.05) is 0 Å². The molecule has 6 rings (SSSR count). The summed E-state index contributed by atoms with van der Waals surface area (Å²) in [5.74, 6) is -6.63. The number of phenols is 8. The van der Waals surface area contributed by atoms with Gasteiger partial charge in [-0.3, -0.25) is 0 Å². The fourth-order valence-corrected chi connectivity index (χ4v) is 5.46. The van der Waals surface area contributed by atoms with Gasteiger partial charge in [-0.2, -0.15) is 0 Å². The molecule has 0 aliphatic carbocycles. The summed E-state index contributed by atoms with van der Waals surface area (Å²) in [4.78, 5) is 0. The number of aliphatic hydroxyl groups is 2. The van der Waals surface area contributed by atoms with Gasteiger partial charge in [0.15, 0.2) is 35.2 Å². The van der Waals surface area contributed by atoms with Gasteiger partial charge in [-0.05, 0) is 29.8 Å². The molecule has 0 saturated carbocycles. The molecule has 13 nitrogen and oxygen atoms in total. The molecule has 0 aromatic heterocycles. The second-order valence-electron chi connectivity index (χ2n) is 10.4. The number of hydrogen-bond donors (Lipinski definition) is 10. The highest BCUT2D eigenvalue weighted by atomic mass is 16.7. The van der Waals surface area contributed by atoms with Crippen LogP contribution in [0.3, 0.4) is 0 Å². The molecule has 0 radical (unpaired) electrons. The Morgan fingerprint density at radius 1 is 0.628 bits per heavy atom. The van der Waals surface area contributed by atoms with Crippen molar-refractivity contribution in [3.8, 4) is 57.5 Å². The lowest BCUT2D eigenvalue weighted by atomic mass is 9.86. The van der Waals surface area contributed by atoms with Crippen molar-refractivity contribution < 1.29 is 65.3 Å². The van der Waals surface area contributed by atoms with E-state index in [4.69, 9.17) is 14.2 Å². The van der Waals surface area contributed by atoms with Crippen molar-refractivity contribution in [2.45, 2.75) is 36.6 Å². The molecule has 4 aromatic carbocycles. The summed E-state index contributed by atoms with van der Waals surface area (Å²) in [7, 11) is 0. The lowest BCUT2D eigenvalue weighted by Crippen LogP contribution is -2.53. The van der Waals surface area contributed by atoms with E-state index in [2.05, 4.69) is 0 Å². The highest BCUT2D eigenvalue weighted by molar-refractivity contribution is 5.55. The van der Waals surface area contributed by atoms with Crippen molar-refractivity contribution >= 4 is 0 Å². The number of rotatable bonds is 4. The summed E-state index contributed by atoms with van der Waals surface area (Å²) >= 11 is 0. The second kappa shape index (κ2) is 9.94. The van der Waals surface area contributed by atoms with Gasteiger partial charge in [0.05, 0.1) is 5.56 Å². The van der Waals surface area contributed by atoms with Crippen molar-refractivity contribution in [1.29, 1.82) is 0 Å². The van der Waals surface area contributed by atoms with E-state index in [0.717, 1.165) is 30.3 Å². The zero-order chi connectivity index (χ0) is 30.8. The quantitative estimate of drug-likeness (QED) is 0.121. The Balaban J connectivity index is 1.50. The van der Waals surface area contributed by atoms with Crippen LogP contribution in [0.2, 0.25) is 0 Å². The zero-order valence-corrected chi connectivity index (χ0v) is 22.0. The van der Waals surface area contributed by atoms with Crippen molar-refractivity contribution in [1.82, 2.24) is 0 Å². The van der Waals surface area contributed by atoms with Crippen LogP contribution < -0.4 is 9.47 Å². The molecule has 43 heavy (non-hydrogen) atoms. The molecule has 2 aliphatic rings. The minimum absolute atomic E-state index is 0.00839. The second-order valence-corrected chi connectivity index (χ2v) is 10.4. The topological polar surface area (TPSA) is 230 Å². The highest BCUT2D eigenvalue weighted by Crippen LogP contribution is 2.55. The van der Waals surface area contributed by atoms with E-state index in [1.165, 1.54) is 30.3 Å². The lowest BCUT2D eigenvalue weighted by Gasteiger charge is -2.47. The van der Waals surface area contributed by atoms with Gasteiger partial charge < -0.3 is 65.3 Å². The molecule has 0 spiro atoms.